The lowest BCUT2D eigenvalue weighted by atomic mass is 9.95. The average molecular weight is 498 g/mol. The molecule has 2 aromatic rings. The Morgan fingerprint density at radius 1 is 1.03 bits per heavy atom. The van der Waals surface area contributed by atoms with Gasteiger partial charge in [0.15, 0.2) is 6.61 Å². The molecule has 0 saturated heterocycles. The Morgan fingerprint density at radius 2 is 1.72 bits per heavy atom. The van der Waals surface area contributed by atoms with E-state index in [4.69, 9.17) is 39.5 Å². The molecule has 1 unspecified atom stereocenters. The molecule has 0 aliphatic heterocycles. The molecule has 0 bridgehead atoms. The molecule has 5 nitrogen and oxygen atoms in total. The van der Waals surface area contributed by atoms with Crippen molar-refractivity contribution >= 4 is 46.6 Å². The lowest BCUT2D eigenvalue weighted by Crippen LogP contribution is -2.51. The van der Waals surface area contributed by atoms with Crippen molar-refractivity contribution in [1.29, 1.82) is 0 Å². The van der Waals surface area contributed by atoms with Gasteiger partial charge in [-0.15, -0.1) is 0 Å². The number of rotatable bonds is 8. The summed E-state index contributed by atoms with van der Waals surface area (Å²) in [6.45, 7) is 1.73. The first-order chi connectivity index (χ1) is 15.3. The highest BCUT2D eigenvalue weighted by atomic mass is 35.5. The second kappa shape index (κ2) is 11.8. The van der Waals surface area contributed by atoms with Gasteiger partial charge in [-0.25, -0.2) is 0 Å². The van der Waals surface area contributed by atoms with Crippen LogP contribution >= 0.6 is 34.8 Å². The van der Waals surface area contributed by atoms with Crippen LogP contribution in [-0.4, -0.2) is 35.4 Å². The fourth-order valence-electron chi connectivity index (χ4n) is 3.74. The first kappa shape index (κ1) is 24.7. The molecule has 172 valence electrons. The van der Waals surface area contributed by atoms with Crippen LogP contribution in [0.1, 0.15) is 44.6 Å². The smallest absolute Gasteiger partial charge is 0.261 e. The van der Waals surface area contributed by atoms with E-state index in [1.165, 1.54) is 11.3 Å². The van der Waals surface area contributed by atoms with Gasteiger partial charge >= 0.3 is 0 Å². The maximum atomic E-state index is 13.1. The van der Waals surface area contributed by atoms with Crippen LogP contribution in [0.15, 0.2) is 42.5 Å². The van der Waals surface area contributed by atoms with Crippen LogP contribution in [0.4, 0.5) is 0 Å². The zero-order valence-corrected chi connectivity index (χ0v) is 20.2. The molecule has 1 saturated carbocycles. The number of benzene rings is 2. The van der Waals surface area contributed by atoms with Gasteiger partial charge in [-0.05, 0) is 61.7 Å². The third-order valence-electron chi connectivity index (χ3n) is 5.63. The van der Waals surface area contributed by atoms with Crippen molar-refractivity contribution in [2.24, 2.45) is 0 Å². The summed E-state index contributed by atoms with van der Waals surface area (Å²) in [5.41, 5.74) is 0.775. The Balaban J connectivity index is 1.72. The quantitative estimate of drug-likeness (QED) is 0.494. The lowest BCUT2D eigenvalue weighted by Gasteiger charge is -2.31. The Morgan fingerprint density at radius 3 is 2.38 bits per heavy atom. The number of nitrogens with one attached hydrogen (secondary N) is 1. The van der Waals surface area contributed by atoms with Crippen LogP contribution in [0.2, 0.25) is 15.1 Å². The molecule has 1 N–H and O–H groups in total. The molecular weight excluding hydrogens is 471 g/mol. The van der Waals surface area contributed by atoms with Crippen molar-refractivity contribution in [2.45, 2.75) is 57.7 Å². The highest BCUT2D eigenvalue weighted by Crippen LogP contribution is 2.24. The minimum Gasteiger partial charge on any atom is -0.484 e. The highest BCUT2D eigenvalue weighted by Gasteiger charge is 2.28. The molecule has 0 radical (unpaired) electrons. The second-order valence-corrected chi connectivity index (χ2v) is 9.28. The highest BCUT2D eigenvalue weighted by molar-refractivity contribution is 6.42. The predicted octanol–water partition coefficient (Wildman–Crippen LogP) is 5.89. The molecule has 1 atom stereocenters. The van der Waals surface area contributed by atoms with E-state index < -0.39 is 6.04 Å². The van der Waals surface area contributed by atoms with Gasteiger partial charge in [-0.2, -0.15) is 0 Å². The van der Waals surface area contributed by atoms with E-state index in [1.54, 1.807) is 49.4 Å². The number of carbonyl (C=O) groups excluding carboxylic acids is 2. The monoisotopic (exact) mass is 496 g/mol. The number of ether oxygens (including phenoxy) is 1. The summed E-state index contributed by atoms with van der Waals surface area (Å²) < 4.78 is 5.64. The first-order valence-corrected chi connectivity index (χ1v) is 11.9. The molecule has 0 heterocycles. The number of hydrogen-bond acceptors (Lipinski definition) is 3. The third-order valence-corrected chi connectivity index (χ3v) is 6.62. The van der Waals surface area contributed by atoms with Crippen LogP contribution in [0, 0.1) is 0 Å². The van der Waals surface area contributed by atoms with Gasteiger partial charge in [0.05, 0.1) is 10.0 Å². The number of halogens is 3. The van der Waals surface area contributed by atoms with E-state index in [2.05, 4.69) is 5.32 Å². The summed E-state index contributed by atoms with van der Waals surface area (Å²) in [5.74, 6) is 0.0469. The average Bonchev–Trinajstić information content (AvgIpc) is 2.79. The molecule has 0 spiro atoms. The summed E-state index contributed by atoms with van der Waals surface area (Å²) >= 11 is 18.1. The van der Waals surface area contributed by atoms with Crippen molar-refractivity contribution < 1.29 is 14.3 Å². The second-order valence-electron chi connectivity index (χ2n) is 8.03. The van der Waals surface area contributed by atoms with Gasteiger partial charge in [-0.1, -0.05) is 60.1 Å². The van der Waals surface area contributed by atoms with Gasteiger partial charge in [0, 0.05) is 17.6 Å². The van der Waals surface area contributed by atoms with Crippen molar-refractivity contribution in [3.05, 3.63) is 63.1 Å². The molecule has 3 rings (SSSR count). The van der Waals surface area contributed by atoms with E-state index in [1.807, 2.05) is 0 Å². The fourth-order valence-corrected chi connectivity index (χ4v) is 4.19. The molecule has 1 fully saturated rings. The Labute approximate surface area is 204 Å². The first-order valence-electron chi connectivity index (χ1n) is 10.8. The van der Waals surface area contributed by atoms with Crippen LogP contribution < -0.4 is 10.1 Å². The summed E-state index contributed by atoms with van der Waals surface area (Å²) in [7, 11) is 0. The van der Waals surface area contributed by atoms with Crippen molar-refractivity contribution in [2.75, 3.05) is 6.61 Å². The predicted molar refractivity (Wildman–Crippen MR) is 128 cm³/mol. The largest absolute Gasteiger partial charge is 0.484 e. The SMILES string of the molecule is CC(C(=O)NC1CCCCC1)N(Cc1ccc(Cl)c(Cl)c1)C(=O)COc1ccc(Cl)cc1. The maximum Gasteiger partial charge on any atom is 0.261 e. The van der Waals surface area contributed by atoms with Crippen molar-refractivity contribution in [3.8, 4) is 5.75 Å². The Bertz CT molecular complexity index is 931. The standard InChI is InChI=1S/C24H27Cl3N2O3/c1-16(24(31)28-19-5-3-2-4-6-19)29(14-17-7-12-21(26)22(27)13-17)23(30)15-32-20-10-8-18(25)9-11-20/h7-13,16,19H,2-6,14-15H2,1H3,(H,28,31). The summed E-state index contributed by atoms with van der Waals surface area (Å²) in [5, 5.41) is 4.52. The molecule has 8 heteroatoms. The summed E-state index contributed by atoms with van der Waals surface area (Å²) in [4.78, 5) is 27.6. The van der Waals surface area contributed by atoms with Crippen LogP contribution in [-0.2, 0) is 16.1 Å². The van der Waals surface area contributed by atoms with Gasteiger partial charge < -0.3 is 15.0 Å². The van der Waals surface area contributed by atoms with E-state index in [-0.39, 0.29) is 31.0 Å². The summed E-state index contributed by atoms with van der Waals surface area (Å²) in [6, 6.07) is 11.4. The van der Waals surface area contributed by atoms with E-state index in [0.29, 0.717) is 20.8 Å². The number of hydrogen-bond donors (Lipinski definition) is 1. The maximum absolute atomic E-state index is 13.1. The minimum absolute atomic E-state index is 0.158. The minimum atomic E-state index is -0.673. The van der Waals surface area contributed by atoms with E-state index in [9.17, 15) is 9.59 Å². The van der Waals surface area contributed by atoms with Gasteiger partial charge in [-0.3, -0.25) is 9.59 Å². The van der Waals surface area contributed by atoms with E-state index >= 15 is 0 Å². The Kier molecular flexibility index (Phi) is 9.09. The van der Waals surface area contributed by atoms with Crippen LogP contribution in [0.5, 0.6) is 5.75 Å². The molecule has 32 heavy (non-hydrogen) atoms. The molecule has 1 aliphatic rings. The fraction of sp³-hybridized carbons (Fsp3) is 0.417. The van der Waals surface area contributed by atoms with Crippen molar-refractivity contribution in [1.82, 2.24) is 10.2 Å². The topological polar surface area (TPSA) is 58.6 Å². The summed E-state index contributed by atoms with van der Waals surface area (Å²) in [6.07, 6.45) is 5.37. The van der Waals surface area contributed by atoms with Gasteiger partial charge in [0.25, 0.3) is 5.91 Å². The van der Waals surface area contributed by atoms with Crippen LogP contribution in [0.25, 0.3) is 0 Å². The normalized spacial score (nSPS) is 15.1. The van der Waals surface area contributed by atoms with Gasteiger partial charge in [0.1, 0.15) is 11.8 Å². The molecular formula is C24H27Cl3N2O3. The van der Waals surface area contributed by atoms with Gasteiger partial charge in [0.2, 0.25) is 5.91 Å². The number of nitrogens with zero attached hydrogens (tertiary/aromatic N) is 1. The lowest BCUT2D eigenvalue weighted by molar-refractivity contribution is -0.142. The van der Waals surface area contributed by atoms with Crippen molar-refractivity contribution in [3.63, 3.8) is 0 Å². The zero-order valence-electron chi connectivity index (χ0n) is 18.0. The molecule has 2 amide bonds. The number of carbonyl (C=O) groups is 2. The molecule has 2 aromatic carbocycles. The van der Waals surface area contributed by atoms with E-state index in [0.717, 1.165) is 31.2 Å². The molecule has 0 aromatic heterocycles. The Hall–Kier alpha value is -1.95. The van der Waals surface area contributed by atoms with Crippen LogP contribution in [0.3, 0.4) is 0 Å². The number of amides is 2. The zero-order chi connectivity index (χ0) is 23.1. The molecule has 1 aliphatic carbocycles. The third kappa shape index (κ3) is 7.03.